The van der Waals surface area contributed by atoms with Crippen LogP contribution in [0.4, 0.5) is 0 Å². The number of benzene rings is 1. The fourth-order valence-electron chi connectivity index (χ4n) is 2.14. The molecule has 0 aliphatic carbocycles. The van der Waals surface area contributed by atoms with Gasteiger partial charge in [-0.3, -0.25) is 9.59 Å². The first kappa shape index (κ1) is 20.4. The second kappa shape index (κ2) is 9.13. The lowest BCUT2D eigenvalue weighted by atomic mass is 10.3. The van der Waals surface area contributed by atoms with Gasteiger partial charge in [0.2, 0.25) is 0 Å². The van der Waals surface area contributed by atoms with Gasteiger partial charge >= 0.3 is 11.8 Å². The lowest BCUT2D eigenvalue weighted by Gasteiger charge is -2.17. The van der Waals surface area contributed by atoms with Crippen LogP contribution in [0, 0.1) is 0 Å². The maximum absolute atomic E-state index is 13.0. The molecule has 3 N–H and O–H groups in total. The van der Waals surface area contributed by atoms with E-state index < -0.39 is 26.9 Å². The smallest absolute Gasteiger partial charge is 0.309 e. The third kappa shape index (κ3) is 5.04. The van der Waals surface area contributed by atoms with E-state index >= 15 is 0 Å². The predicted octanol–water partition coefficient (Wildman–Crippen LogP) is 1.14. The van der Waals surface area contributed by atoms with E-state index in [4.69, 9.17) is 16.7 Å². The van der Waals surface area contributed by atoms with Gasteiger partial charge < -0.3 is 15.7 Å². The van der Waals surface area contributed by atoms with Gasteiger partial charge in [0.1, 0.15) is 5.25 Å². The number of carbonyl (C=O) groups excluding carboxylic acids is 2. The molecule has 10 heteroatoms. The zero-order valence-electron chi connectivity index (χ0n) is 13.5. The van der Waals surface area contributed by atoms with Gasteiger partial charge in [-0.25, -0.2) is 8.42 Å². The first-order valence-electron chi connectivity index (χ1n) is 7.56. The highest BCUT2D eigenvalue weighted by Gasteiger charge is 2.31. The highest BCUT2D eigenvalue weighted by Crippen LogP contribution is 2.31. The van der Waals surface area contributed by atoms with Crippen LogP contribution < -0.4 is 10.6 Å². The first-order valence-corrected chi connectivity index (χ1v) is 10.4. The summed E-state index contributed by atoms with van der Waals surface area (Å²) in [4.78, 5) is 24.0. The van der Waals surface area contributed by atoms with Crippen molar-refractivity contribution in [3.8, 4) is 0 Å². The van der Waals surface area contributed by atoms with Crippen molar-refractivity contribution >= 4 is 44.6 Å². The summed E-state index contributed by atoms with van der Waals surface area (Å²) in [7, 11) is -3.81. The molecule has 0 bridgehead atoms. The maximum atomic E-state index is 13.0. The van der Waals surface area contributed by atoms with E-state index in [-0.39, 0.29) is 24.6 Å². The van der Waals surface area contributed by atoms with Crippen molar-refractivity contribution in [2.75, 3.05) is 19.7 Å². The number of hydrogen-bond donors (Lipinski definition) is 3. The van der Waals surface area contributed by atoms with Gasteiger partial charge in [0, 0.05) is 23.0 Å². The topological polar surface area (TPSA) is 113 Å². The molecular formula is C16H17ClN2O5S2. The quantitative estimate of drug-likeness (QED) is 0.586. The minimum absolute atomic E-state index is 0.0658. The number of carbonyl (C=O) groups is 2. The zero-order valence-corrected chi connectivity index (χ0v) is 15.9. The van der Waals surface area contributed by atoms with Crippen LogP contribution in [0.2, 0.25) is 5.02 Å². The number of thiophene rings is 1. The molecule has 0 aliphatic heterocycles. The van der Waals surface area contributed by atoms with Crippen LogP contribution >= 0.6 is 22.9 Å². The van der Waals surface area contributed by atoms with E-state index in [1.807, 2.05) is 0 Å². The highest BCUT2D eigenvalue weighted by molar-refractivity contribution is 7.91. The number of halogens is 1. The Morgan fingerprint density at radius 2 is 1.77 bits per heavy atom. The monoisotopic (exact) mass is 416 g/mol. The van der Waals surface area contributed by atoms with E-state index in [9.17, 15) is 18.0 Å². The Balaban J connectivity index is 2.21. The van der Waals surface area contributed by atoms with E-state index in [1.54, 1.807) is 17.5 Å². The van der Waals surface area contributed by atoms with Crippen LogP contribution in [0.3, 0.4) is 0 Å². The van der Waals surface area contributed by atoms with Crippen molar-refractivity contribution in [1.82, 2.24) is 10.6 Å². The van der Waals surface area contributed by atoms with Gasteiger partial charge in [0.05, 0.1) is 11.5 Å². The Morgan fingerprint density at radius 3 is 2.35 bits per heavy atom. The average Bonchev–Trinajstić information content (AvgIpc) is 3.14. The number of hydrogen-bond acceptors (Lipinski definition) is 6. The number of rotatable bonds is 7. The largest absolute Gasteiger partial charge is 0.395 e. The van der Waals surface area contributed by atoms with Gasteiger partial charge in [0.25, 0.3) is 0 Å². The van der Waals surface area contributed by atoms with E-state index in [1.165, 1.54) is 35.6 Å². The maximum Gasteiger partial charge on any atom is 0.309 e. The summed E-state index contributed by atoms with van der Waals surface area (Å²) in [6.07, 6.45) is 0. The third-order valence-electron chi connectivity index (χ3n) is 3.43. The molecule has 0 spiro atoms. The number of aliphatic hydroxyl groups excluding tert-OH is 1. The molecule has 140 valence electrons. The summed E-state index contributed by atoms with van der Waals surface area (Å²) in [5.41, 5.74) is 0. The van der Waals surface area contributed by atoms with Gasteiger partial charge in [-0.2, -0.15) is 0 Å². The first-order chi connectivity index (χ1) is 12.4. The lowest BCUT2D eigenvalue weighted by Crippen LogP contribution is -2.43. The SMILES string of the molecule is O=C(NCCO)C(=O)NC[C@H](c1cccs1)S(=O)(=O)c1ccc(Cl)cc1. The molecule has 2 rings (SSSR count). The van der Waals surface area contributed by atoms with Gasteiger partial charge in [-0.1, -0.05) is 17.7 Å². The van der Waals surface area contributed by atoms with Crippen LogP contribution in [0.5, 0.6) is 0 Å². The fourth-order valence-corrected chi connectivity index (χ4v) is 5.05. The van der Waals surface area contributed by atoms with Crippen molar-refractivity contribution in [3.63, 3.8) is 0 Å². The highest BCUT2D eigenvalue weighted by atomic mass is 35.5. The number of sulfone groups is 1. The minimum atomic E-state index is -3.81. The van der Waals surface area contributed by atoms with Gasteiger partial charge in [0.15, 0.2) is 9.84 Å². The molecule has 0 aliphatic rings. The number of aliphatic hydroxyl groups is 1. The molecule has 0 fully saturated rings. The Hall–Kier alpha value is -1.94. The van der Waals surface area contributed by atoms with E-state index in [0.29, 0.717) is 9.90 Å². The molecule has 0 unspecified atom stereocenters. The Morgan fingerprint density at radius 1 is 1.12 bits per heavy atom. The molecule has 7 nitrogen and oxygen atoms in total. The molecule has 0 saturated carbocycles. The van der Waals surface area contributed by atoms with Crippen LogP contribution in [-0.4, -0.2) is 45.0 Å². The van der Waals surface area contributed by atoms with E-state index in [0.717, 1.165) is 0 Å². The van der Waals surface area contributed by atoms with Crippen LogP contribution in [0.1, 0.15) is 10.1 Å². The Kier molecular flexibility index (Phi) is 7.15. The van der Waals surface area contributed by atoms with Crippen molar-refractivity contribution in [3.05, 3.63) is 51.7 Å². The number of amides is 2. The summed E-state index contributed by atoms with van der Waals surface area (Å²) >= 11 is 7.05. The summed E-state index contributed by atoms with van der Waals surface area (Å²) in [6, 6.07) is 9.10. The fraction of sp³-hybridized carbons (Fsp3) is 0.250. The van der Waals surface area contributed by atoms with Crippen LogP contribution in [0.25, 0.3) is 0 Å². The normalized spacial score (nSPS) is 12.4. The average molecular weight is 417 g/mol. The summed E-state index contributed by atoms with van der Waals surface area (Å²) in [6.45, 7) is -0.637. The molecule has 2 amide bonds. The van der Waals surface area contributed by atoms with Crippen molar-refractivity contribution in [1.29, 1.82) is 0 Å². The second-order valence-electron chi connectivity index (χ2n) is 5.19. The van der Waals surface area contributed by atoms with Crippen molar-refractivity contribution < 1.29 is 23.1 Å². The third-order valence-corrected chi connectivity index (χ3v) is 6.91. The summed E-state index contributed by atoms with van der Waals surface area (Å²) in [5, 5.41) is 14.3. The lowest BCUT2D eigenvalue weighted by molar-refractivity contribution is -0.139. The molecule has 0 radical (unpaired) electrons. The van der Waals surface area contributed by atoms with Crippen molar-refractivity contribution in [2.45, 2.75) is 10.1 Å². The second-order valence-corrected chi connectivity index (χ2v) is 8.74. The number of nitrogens with one attached hydrogen (secondary N) is 2. The Labute approximate surface area is 159 Å². The standard InChI is InChI=1S/C16H17ClN2O5S2/c17-11-3-5-12(6-4-11)26(23,24)14(13-2-1-9-25-13)10-19-16(22)15(21)18-7-8-20/h1-6,9,14,20H,7-8,10H2,(H,18,21)(H,19,22)/t14-/m1/s1. The molecule has 1 aromatic heterocycles. The zero-order chi connectivity index (χ0) is 19.2. The molecule has 1 aromatic carbocycles. The predicted molar refractivity (Wildman–Crippen MR) is 98.8 cm³/mol. The molecule has 0 saturated heterocycles. The molecule has 2 aromatic rings. The molecule has 1 heterocycles. The molecular weight excluding hydrogens is 400 g/mol. The Bertz CT molecular complexity index is 851. The van der Waals surface area contributed by atoms with Crippen LogP contribution in [-0.2, 0) is 19.4 Å². The van der Waals surface area contributed by atoms with E-state index in [2.05, 4.69) is 10.6 Å². The minimum Gasteiger partial charge on any atom is -0.395 e. The van der Waals surface area contributed by atoms with Gasteiger partial charge in [-0.05, 0) is 35.7 Å². The van der Waals surface area contributed by atoms with Crippen molar-refractivity contribution in [2.24, 2.45) is 0 Å². The summed E-state index contributed by atoms with van der Waals surface area (Å²) < 4.78 is 26.0. The molecule has 26 heavy (non-hydrogen) atoms. The van der Waals surface area contributed by atoms with Crippen LogP contribution in [0.15, 0.2) is 46.7 Å². The molecule has 1 atom stereocenters. The van der Waals surface area contributed by atoms with Gasteiger partial charge in [-0.15, -0.1) is 11.3 Å². The summed E-state index contributed by atoms with van der Waals surface area (Å²) in [5.74, 6) is -1.90.